The normalized spacial score (nSPS) is 10.1. The average Bonchev–Trinajstić information content (AvgIpc) is 2.59. The summed E-state index contributed by atoms with van der Waals surface area (Å²) in [7, 11) is 1.57. The molecule has 2 aromatic carbocycles. The van der Waals surface area contributed by atoms with Gasteiger partial charge < -0.3 is 14.2 Å². The van der Waals surface area contributed by atoms with Gasteiger partial charge in [0, 0.05) is 7.11 Å². The van der Waals surface area contributed by atoms with Gasteiger partial charge in [0.2, 0.25) is 0 Å². The van der Waals surface area contributed by atoms with Gasteiger partial charge in [-0.15, -0.1) is 0 Å². The summed E-state index contributed by atoms with van der Waals surface area (Å²) in [6.07, 6.45) is 0. The SMILES string of the molecule is COCCOCC(=O)Oc1ccc(-c2ccc(C#N)cc2)cc1. The Balaban J connectivity index is 1.91. The van der Waals surface area contributed by atoms with Gasteiger partial charge in [-0.1, -0.05) is 24.3 Å². The highest BCUT2D eigenvalue weighted by atomic mass is 16.6. The first kappa shape index (κ1) is 16.7. The van der Waals surface area contributed by atoms with Gasteiger partial charge in [0.1, 0.15) is 12.4 Å². The van der Waals surface area contributed by atoms with Crippen LogP contribution in [0.5, 0.6) is 5.75 Å². The van der Waals surface area contributed by atoms with Crippen molar-refractivity contribution in [1.82, 2.24) is 0 Å². The van der Waals surface area contributed by atoms with E-state index in [1.54, 1.807) is 31.4 Å². The van der Waals surface area contributed by atoms with Crippen molar-refractivity contribution in [3.63, 3.8) is 0 Å². The van der Waals surface area contributed by atoms with E-state index in [4.69, 9.17) is 19.5 Å². The van der Waals surface area contributed by atoms with Crippen LogP contribution in [0, 0.1) is 11.3 Å². The monoisotopic (exact) mass is 311 g/mol. The molecule has 0 aromatic heterocycles. The van der Waals surface area contributed by atoms with E-state index in [0.29, 0.717) is 24.5 Å². The number of hydrogen-bond donors (Lipinski definition) is 0. The van der Waals surface area contributed by atoms with Crippen LogP contribution in [-0.2, 0) is 14.3 Å². The second-order valence-corrected chi connectivity index (χ2v) is 4.73. The van der Waals surface area contributed by atoms with Crippen LogP contribution in [0.4, 0.5) is 0 Å². The number of benzene rings is 2. The van der Waals surface area contributed by atoms with Gasteiger partial charge >= 0.3 is 5.97 Å². The van der Waals surface area contributed by atoms with Gasteiger partial charge in [-0.05, 0) is 35.4 Å². The molecule has 5 nitrogen and oxygen atoms in total. The van der Waals surface area contributed by atoms with Crippen LogP contribution in [-0.4, -0.2) is 32.9 Å². The lowest BCUT2D eigenvalue weighted by Crippen LogP contribution is -2.17. The molecule has 5 heteroatoms. The average molecular weight is 311 g/mol. The third kappa shape index (κ3) is 5.22. The predicted molar refractivity (Wildman–Crippen MR) is 84.9 cm³/mol. The molecular formula is C18H17NO4. The van der Waals surface area contributed by atoms with Gasteiger partial charge in [0.25, 0.3) is 0 Å². The zero-order chi connectivity index (χ0) is 16.5. The first-order chi connectivity index (χ1) is 11.2. The highest BCUT2D eigenvalue weighted by Gasteiger charge is 2.05. The van der Waals surface area contributed by atoms with E-state index >= 15 is 0 Å². The Morgan fingerprint density at radius 2 is 1.61 bits per heavy atom. The zero-order valence-corrected chi connectivity index (χ0v) is 12.8. The summed E-state index contributed by atoms with van der Waals surface area (Å²) in [4.78, 5) is 11.6. The van der Waals surface area contributed by atoms with E-state index in [2.05, 4.69) is 6.07 Å². The van der Waals surface area contributed by atoms with E-state index in [1.165, 1.54) is 0 Å². The molecule has 0 spiro atoms. The molecule has 0 aliphatic carbocycles. The number of methoxy groups -OCH3 is 1. The lowest BCUT2D eigenvalue weighted by Gasteiger charge is -2.07. The number of nitrogens with zero attached hydrogens (tertiary/aromatic N) is 1. The summed E-state index contributed by atoms with van der Waals surface area (Å²) in [6.45, 7) is 0.677. The summed E-state index contributed by atoms with van der Waals surface area (Å²) in [6, 6.07) is 16.5. The van der Waals surface area contributed by atoms with Gasteiger partial charge in [-0.2, -0.15) is 5.26 Å². The molecule has 0 atom stereocenters. The molecular weight excluding hydrogens is 294 g/mol. The van der Waals surface area contributed by atoms with Gasteiger partial charge in [-0.3, -0.25) is 0 Å². The molecule has 2 aromatic rings. The minimum atomic E-state index is -0.452. The molecule has 0 unspecified atom stereocenters. The van der Waals surface area contributed by atoms with Crippen LogP contribution < -0.4 is 4.74 Å². The topological polar surface area (TPSA) is 68.6 Å². The molecule has 0 amide bonds. The Hall–Kier alpha value is -2.68. The Morgan fingerprint density at radius 3 is 2.17 bits per heavy atom. The minimum absolute atomic E-state index is 0.110. The summed E-state index contributed by atoms with van der Waals surface area (Å²) in [5.41, 5.74) is 2.59. The Morgan fingerprint density at radius 1 is 1.00 bits per heavy atom. The fourth-order valence-corrected chi connectivity index (χ4v) is 1.91. The van der Waals surface area contributed by atoms with E-state index in [-0.39, 0.29) is 6.61 Å². The summed E-state index contributed by atoms with van der Waals surface area (Å²) >= 11 is 0. The summed E-state index contributed by atoms with van der Waals surface area (Å²) in [5.74, 6) is 0.00922. The molecule has 0 radical (unpaired) electrons. The van der Waals surface area contributed by atoms with Crippen LogP contribution in [0.1, 0.15) is 5.56 Å². The third-order valence-corrected chi connectivity index (χ3v) is 3.09. The second-order valence-electron chi connectivity index (χ2n) is 4.73. The highest BCUT2D eigenvalue weighted by Crippen LogP contribution is 2.22. The fourth-order valence-electron chi connectivity index (χ4n) is 1.91. The molecule has 118 valence electrons. The first-order valence-corrected chi connectivity index (χ1v) is 7.11. The highest BCUT2D eigenvalue weighted by molar-refractivity contribution is 5.74. The van der Waals surface area contributed by atoms with Crippen LogP contribution in [0.25, 0.3) is 11.1 Å². The molecule has 23 heavy (non-hydrogen) atoms. The van der Waals surface area contributed by atoms with Crippen LogP contribution in [0.2, 0.25) is 0 Å². The van der Waals surface area contributed by atoms with Crippen molar-refractivity contribution in [2.75, 3.05) is 26.9 Å². The summed E-state index contributed by atoms with van der Waals surface area (Å²) in [5, 5.41) is 8.80. The van der Waals surface area contributed by atoms with Crippen LogP contribution >= 0.6 is 0 Å². The summed E-state index contributed by atoms with van der Waals surface area (Å²) < 4.78 is 15.1. The predicted octanol–water partition coefficient (Wildman–Crippen LogP) is 2.79. The number of carbonyl (C=O) groups is 1. The molecule has 0 bridgehead atoms. The third-order valence-electron chi connectivity index (χ3n) is 3.09. The van der Waals surface area contributed by atoms with Crippen molar-refractivity contribution < 1.29 is 19.0 Å². The second kappa shape index (κ2) is 8.69. The Labute approximate surface area is 135 Å². The lowest BCUT2D eigenvalue weighted by atomic mass is 10.0. The first-order valence-electron chi connectivity index (χ1n) is 7.11. The maximum atomic E-state index is 11.6. The van der Waals surface area contributed by atoms with Gasteiger partial charge in [0.05, 0.1) is 24.8 Å². The van der Waals surface area contributed by atoms with E-state index in [9.17, 15) is 4.79 Å². The van der Waals surface area contributed by atoms with E-state index < -0.39 is 5.97 Å². The van der Waals surface area contributed by atoms with Crippen molar-refractivity contribution >= 4 is 5.97 Å². The van der Waals surface area contributed by atoms with Gasteiger partial charge in [-0.25, -0.2) is 4.79 Å². The van der Waals surface area contributed by atoms with Crippen LogP contribution in [0.3, 0.4) is 0 Å². The van der Waals surface area contributed by atoms with E-state index in [0.717, 1.165) is 11.1 Å². The minimum Gasteiger partial charge on any atom is -0.425 e. The number of carbonyl (C=O) groups excluding carboxylic acids is 1. The molecule has 0 N–H and O–H groups in total. The molecule has 0 fully saturated rings. The largest absolute Gasteiger partial charge is 0.425 e. The number of rotatable bonds is 7. The molecule has 0 aliphatic rings. The molecule has 0 saturated carbocycles. The van der Waals surface area contributed by atoms with Crippen molar-refractivity contribution in [2.24, 2.45) is 0 Å². The lowest BCUT2D eigenvalue weighted by molar-refractivity contribution is -0.139. The molecule has 0 saturated heterocycles. The van der Waals surface area contributed by atoms with Gasteiger partial charge in [0.15, 0.2) is 0 Å². The fraction of sp³-hybridized carbons (Fsp3) is 0.222. The number of hydrogen-bond acceptors (Lipinski definition) is 5. The van der Waals surface area contributed by atoms with Crippen molar-refractivity contribution in [3.8, 4) is 22.9 Å². The van der Waals surface area contributed by atoms with Crippen LogP contribution in [0.15, 0.2) is 48.5 Å². The van der Waals surface area contributed by atoms with Crippen molar-refractivity contribution in [2.45, 2.75) is 0 Å². The molecule has 2 rings (SSSR count). The standard InChI is InChI=1S/C18H17NO4/c1-21-10-11-22-13-18(20)23-17-8-6-16(7-9-17)15-4-2-14(12-19)3-5-15/h2-9H,10-11,13H2,1H3. The quantitative estimate of drug-likeness (QED) is 0.447. The number of ether oxygens (including phenoxy) is 3. The smallest absolute Gasteiger partial charge is 0.337 e. The number of nitriles is 1. The zero-order valence-electron chi connectivity index (χ0n) is 12.8. The molecule has 0 aliphatic heterocycles. The van der Waals surface area contributed by atoms with E-state index in [1.807, 2.05) is 24.3 Å². The Kier molecular flexibility index (Phi) is 6.30. The Bertz CT molecular complexity index is 672. The maximum Gasteiger partial charge on any atom is 0.337 e. The number of esters is 1. The maximum absolute atomic E-state index is 11.6. The van der Waals surface area contributed by atoms with Crippen molar-refractivity contribution in [3.05, 3.63) is 54.1 Å². The van der Waals surface area contributed by atoms with Crippen molar-refractivity contribution in [1.29, 1.82) is 5.26 Å². The molecule has 0 heterocycles.